The van der Waals surface area contributed by atoms with Gasteiger partial charge in [-0.2, -0.15) is 0 Å². The fraction of sp³-hybridized carbons (Fsp3) is 0.636. The number of morpholine rings is 1. The van der Waals surface area contributed by atoms with Gasteiger partial charge in [-0.25, -0.2) is 9.99 Å². The van der Waals surface area contributed by atoms with Gasteiger partial charge in [0.05, 0.1) is 19.8 Å². The summed E-state index contributed by atoms with van der Waals surface area (Å²) in [6.07, 6.45) is 1.83. The number of ether oxygens (including phenoxy) is 1. The van der Waals surface area contributed by atoms with Crippen LogP contribution in [0.25, 0.3) is 0 Å². The number of nitrogens with zero attached hydrogens (tertiary/aromatic N) is 3. The summed E-state index contributed by atoms with van der Waals surface area (Å²) in [5.41, 5.74) is 3.35. The number of aromatic nitrogens is 2. The quantitative estimate of drug-likeness (QED) is 0.703. The fourth-order valence-electron chi connectivity index (χ4n) is 2.17. The zero-order valence-electron chi connectivity index (χ0n) is 10.2. The topological polar surface area (TPSA) is 71.4 Å². The lowest BCUT2D eigenvalue weighted by Gasteiger charge is -2.26. The maximum absolute atomic E-state index is 12.0. The largest absolute Gasteiger partial charge is 0.379 e. The predicted octanol–water partition coefficient (Wildman–Crippen LogP) is -1.04. The second-order valence-corrected chi connectivity index (χ2v) is 4.45. The Morgan fingerprint density at radius 1 is 1.39 bits per heavy atom. The maximum atomic E-state index is 12.0. The van der Waals surface area contributed by atoms with Gasteiger partial charge in [0.1, 0.15) is 11.5 Å². The number of amides is 1. The second kappa shape index (κ2) is 5.05. The molecule has 0 radical (unpaired) electrons. The first-order valence-electron chi connectivity index (χ1n) is 6.23. The summed E-state index contributed by atoms with van der Waals surface area (Å²) in [4.78, 5) is 16.4. The molecule has 2 aliphatic heterocycles. The van der Waals surface area contributed by atoms with Crippen LogP contribution < -0.4 is 10.7 Å². The van der Waals surface area contributed by atoms with Crippen LogP contribution in [0.1, 0.15) is 16.3 Å². The molecule has 0 unspecified atom stereocenters. The minimum Gasteiger partial charge on any atom is -0.379 e. The molecule has 3 rings (SSSR count). The van der Waals surface area contributed by atoms with Crippen molar-refractivity contribution in [1.82, 2.24) is 25.3 Å². The van der Waals surface area contributed by atoms with Crippen LogP contribution in [0.3, 0.4) is 0 Å². The Hall–Kier alpha value is -1.44. The lowest BCUT2D eigenvalue weighted by atomic mass is 10.4. The van der Waals surface area contributed by atoms with E-state index in [4.69, 9.17) is 4.74 Å². The van der Waals surface area contributed by atoms with Gasteiger partial charge in [-0.3, -0.25) is 10.2 Å². The normalized spacial score (nSPS) is 20.4. The van der Waals surface area contributed by atoms with Gasteiger partial charge in [0.25, 0.3) is 5.91 Å². The number of carbonyl (C=O) groups excluding carboxylic acids is 1. The van der Waals surface area contributed by atoms with Crippen molar-refractivity contribution in [2.75, 3.05) is 32.8 Å². The Bertz CT molecular complexity index is 415. The summed E-state index contributed by atoms with van der Waals surface area (Å²) in [5, 5.41) is 5.11. The highest BCUT2D eigenvalue weighted by atomic mass is 16.5. The predicted molar refractivity (Wildman–Crippen MR) is 63.8 cm³/mol. The van der Waals surface area contributed by atoms with Crippen molar-refractivity contribution in [2.24, 2.45) is 0 Å². The average molecular weight is 251 g/mol. The molecule has 0 saturated carbocycles. The first kappa shape index (κ1) is 11.6. The Balaban J connectivity index is 1.66. The van der Waals surface area contributed by atoms with Crippen molar-refractivity contribution in [3.8, 4) is 0 Å². The Morgan fingerprint density at radius 2 is 2.22 bits per heavy atom. The minimum absolute atomic E-state index is 0.140. The van der Waals surface area contributed by atoms with E-state index in [0.29, 0.717) is 18.9 Å². The van der Waals surface area contributed by atoms with Crippen molar-refractivity contribution >= 4 is 5.91 Å². The lowest BCUT2D eigenvalue weighted by molar-refractivity contribution is 0.0124. The zero-order valence-corrected chi connectivity index (χ0v) is 10.2. The first-order chi connectivity index (χ1) is 8.83. The Morgan fingerprint density at radius 3 is 3.00 bits per heavy atom. The van der Waals surface area contributed by atoms with Crippen molar-refractivity contribution in [1.29, 1.82) is 0 Å². The van der Waals surface area contributed by atoms with Gasteiger partial charge in [-0.05, 0) is 0 Å². The number of carbonyl (C=O) groups is 1. The minimum atomic E-state index is -0.140. The molecule has 1 amide bonds. The molecule has 2 N–H and O–H groups in total. The molecule has 2 aliphatic rings. The molecule has 1 fully saturated rings. The van der Waals surface area contributed by atoms with E-state index in [1.165, 1.54) is 0 Å². The van der Waals surface area contributed by atoms with Crippen LogP contribution in [-0.2, 0) is 17.8 Å². The van der Waals surface area contributed by atoms with E-state index in [1.54, 1.807) is 0 Å². The molecule has 1 aromatic rings. The van der Waals surface area contributed by atoms with E-state index in [2.05, 4.69) is 15.7 Å². The molecule has 18 heavy (non-hydrogen) atoms. The number of hydrazine groups is 1. The van der Waals surface area contributed by atoms with Crippen molar-refractivity contribution in [3.63, 3.8) is 0 Å². The Labute approximate surface area is 105 Å². The van der Waals surface area contributed by atoms with Crippen LogP contribution >= 0.6 is 0 Å². The van der Waals surface area contributed by atoms with Crippen molar-refractivity contribution in [3.05, 3.63) is 17.7 Å². The van der Waals surface area contributed by atoms with Gasteiger partial charge in [-0.1, -0.05) is 0 Å². The van der Waals surface area contributed by atoms with Gasteiger partial charge in [-0.15, -0.1) is 0 Å². The number of imidazole rings is 1. The van der Waals surface area contributed by atoms with E-state index in [9.17, 15) is 4.79 Å². The monoisotopic (exact) mass is 251 g/mol. The molecule has 0 aromatic carbocycles. The maximum Gasteiger partial charge on any atom is 0.285 e. The van der Waals surface area contributed by atoms with Gasteiger partial charge >= 0.3 is 0 Å². The van der Waals surface area contributed by atoms with Gasteiger partial charge in [0.2, 0.25) is 0 Å². The molecule has 7 heteroatoms. The summed E-state index contributed by atoms with van der Waals surface area (Å²) in [7, 11) is 0. The van der Waals surface area contributed by atoms with Crippen LogP contribution in [0.2, 0.25) is 0 Å². The first-order valence-corrected chi connectivity index (χ1v) is 6.23. The smallest absolute Gasteiger partial charge is 0.285 e. The zero-order chi connectivity index (χ0) is 12.4. The lowest BCUT2D eigenvalue weighted by Crippen LogP contribution is -2.48. The van der Waals surface area contributed by atoms with Crippen LogP contribution in [0, 0.1) is 0 Å². The van der Waals surface area contributed by atoms with E-state index >= 15 is 0 Å². The van der Waals surface area contributed by atoms with E-state index in [0.717, 1.165) is 38.5 Å². The van der Waals surface area contributed by atoms with Gasteiger partial charge < -0.3 is 14.6 Å². The third kappa shape index (κ3) is 2.38. The molecule has 0 atom stereocenters. The molecule has 7 nitrogen and oxygen atoms in total. The van der Waals surface area contributed by atoms with E-state index in [-0.39, 0.29) is 5.91 Å². The molecule has 0 aliphatic carbocycles. The fourth-order valence-corrected chi connectivity index (χ4v) is 2.17. The molecular weight excluding hydrogens is 234 g/mol. The number of hydrogen-bond donors (Lipinski definition) is 2. The molecule has 0 spiro atoms. The van der Waals surface area contributed by atoms with Crippen molar-refractivity contribution in [2.45, 2.75) is 13.1 Å². The van der Waals surface area contributed by atoms with Crippen LogP contribution in [0.5, 0.6) is 0 Å². The summed E-state index contributed by atoms with van der Waals surface area (Å²) >= 11 is 0. The Kier molecular flexibility index (Phi) is 3.26. The number of fused-ring (bicyclic) bond motifs is 1. The van der Waals surface area contributed by atoms with Gasteiger partial charge in [0.15, 0.2) is 0 Å². The standard InChI is InChI=1S/C11H17N5O2/c17-11(14-16-3-5-18-6-4-16)9-8-15-2-1-12-7-10(15)13-9/h8,12H,1-7H2,(H,14,17). The van der Waals surface area contributed by atoms with Crippen LogP contribution in [-0.4, -0.2) is 53.3 Å². The van der Waals surface area contributed by atoms with Crippen molar-refractivity contribution < 1.29 is 9.53 Å². The summed E-state index contributed by atoms with van der Waals surface area (Å²) in [5.74, 6) is 0.784. The van der Waals surface area contributed by atoms with Crippen LogP contribution in [0.4, 0.5) is 0 Å². The summed E-state index contributed by atoms with van der Waals surface area (Å²) in [6.45, 7) is 5.28. The summed E-state index contributed by atoms with van der Waals surface area (Å²) < 4.78 is 7.26. The second-order valence-electron chi connectivity index (χ2n) is 4.45. The number of rotatable bonds is 2. The third-order valence-electron chi connectivity index (χ3n) is 3.18. The SMILES string of the molecule is O=C(NN1CCOCC1)c1cn2c(n1)CNCC2. The molecule has 98 valence electrons. The van der Waals surface area contributed by atoms with Gasteiger partial charge in [0, 0.05) is 32.4 Å². The molecular formula is C11H17N5O2. The average Bonchev–Trinajstić information content (AvgIpc) is 2.84. The summed E-state index contributed by atoms with van der Waals surface area (Å²) in [6, 6.07) is 0. The number of nitrogens with one attached hydrogen (secondary N) is 2. The highest BCUT2D eigenvalue weighted by Gasteiger charge is 2.19. The van der Waals surface area contributed by atoms with E-state index in [1.807, 2.05) is 15.8 Å². The van der Waals surface area contributed by atoms with Crippen LogP contribution in [0.15, 0.2) is 6.20 Å². The highest BCUT2D eigenvalue weighted by molar-refractivity contribution is 5.91. The van der Waals surface area contributed by atoms with E-state index < -0.39 is 0 Å². The molecule has 0 bridgehead atoms. The third-order valence-corrected chi connectivity index (χ3v) is 3.18. The number of hydrogen-bond acceptors (Lipinski definition) is 5. The molecule has 1 aromatic heterocycles. The molecule has 1 saturated heterocycles. The highest BCUT2D eigenvalue weighted by Crippen LogP contribution is 2.07. The molecule has 3 heterocycles.